The first-order chi connectivity index (χ1) is 14.1. The van der Waals surface area contributed by atoms with Crippen molar-refractivity contribution in [2.45, 2.75) is 42.3 Å². The summed E-state index contributed by atoms with van der Waals surface area (Å²) in [5.41, 5.74) is 13.4. The van der Waals surface area contributed by atoms with Crippen LogP contribution in [0.15, 0.2) is 40.9 Å². The van der Waals surface area contributed by atoms with E-state index >= 15 is 0 Å². The summed E-state index contributed by atoms with van der Waals surface area (Å²) in [4.78, 5) is 16.7. The maximum absolute atomic E-state index is 6.51. The zero-order valence-electron chi connectivity index (χ0n) is 16.2. The zero-order chi connectivity index (χ0) is 20.0. The van der Waals surface area contributed by atoms with Crippen LogP contribution < -0.4 is 16.4 Å². The molecule has 2 aliphatic heterocycles. The molecule has 0 radical (unpaired) electrons. The molecule has 0 unspecified atom stereocenters. The summed E-state index contributed by atoms with van der Waals surface area (Å²) in [5, 5.41) is 9.01. The second-order valence-corrected chi connectivity index (χ2v) is 8.84. The lowest BCUT2D eigenvalue weighted by molar-refractivity contribution is 0.172. The summed E-state index contributed by atoms with van der Waals surface area (Å²) < 4.78 is 2.10. The van der Waals surface area contributed by atoms with Crippen LogP contribution in [0.4, 0.5) is 11.6 Å². The van der Waals surface area contributed by atoms with Crippen LogP contribution in [0.1, 0.15) is 30.3 Å². The number of nitrogens with two attached hydrogens (primary N) is 2. The highest BCUT2D eigenvalue weighted by Gasteiger charge is 2.47. The Labute approximate surface area is 173 Å². The first kappa shape index (κ1) is 18.3. The standard InChI is InChI=1S/C19H23N9S/c1-12-13(2-5-22-17(12)21)29-15-9-23-14(8-24-15)27-6-3-19(4-7-27)10-28-11-25-26-18(28)16(19)20/h2,5,8-9,11,16H,3-4,6-7,10,20H2,1H3,(H2,21,22)/t16-/m1/s1. The Balaban J connectivity index is 1.25. The van der Waals surface area contributed by atoms with Crippen LogP contribution in [0, 0.1) is 12.3 Å². The Morgan fingerprint density at radius 1 is 1.17 bits per heavy atom. The second kappa shape index (κ2) is 6.96. The van der Waals surface area contributed by atoms with Gasteiger partial charge in [0.25, 0.3) is 0 Å². The van der Waals surface area contributed by atoms with Gasteiger partial charge in [0.15, 0.2) is 0 Å². The third kappa shape index (κ3) is 3.12. The van der Waals surface area contributed by atoms with Crippen molar-refractivity contribution in [3.8, 4) is 0 Å². The van der Waals surface area contributed by atoms with E-state index < -0.39 is 0 Å². The van der Waals surface area contributed by atoms with E-state index in [1.165, 1.54) is 0 Å². The monoisotopic (exact) mass is 409 g/mol. The fourth-order valence-corrected chi connectivity index (χ4v) is 5.09. The van der Waals surface area contributed by atoms with Crippen LogP contribution in [0.25, 0.3) is 0 Å². The van der Waals surface area contributed by atoms with Gasteiger partial charge in [-0.3, -0.25) is 0 Å². The maximum atomic E-state index is 6.51. The molecule has 0 saturated carbocycles. The fourth-order valence-electron chi connectivity index (χ4n) is 4.27. The highest BCUT2D eigenvalue weighted by Crippen LogP contribution is 2.47. The van der Waals surface area contributed by atoms with Gasteiger partial charge >= 0.3 is 0 Å². The Kier molecular flexibility index (Phi) is 4.39. The van der Waals surface area contributed by atoms with Crippen LogP contribution in [0.3, 0.4) is 0 Å². The Hall–Kier alpha value is -2.72. The molecule has 4 N–H and O–H groups in total. The van der Waals surface area contributed by atoms with Crippen molar-refractivity contribution in [3.63, 3.8) is 0 Å². The lowest BCUT2D eigenvalue weighted by atomic mass is 9.74. The van der Waals surface area contributed by atoms with E-state index in [0.29, 0.717) is 5.82 Å². The van der Waals surface area contributed by atoms with Gasteiger partial charge in [-0.25, -0.2) is 15.0 Å². The molecule has 3 aromatic rings. The molecule has 0 aliphatic carbocycles. The molecule has 1 spiro atoms. The number of fused-ring (bicyclic) bond motifs is 1. The molecule has 29 heavy (non-hydrogen) atoms. The van der Waals surface area contributed by atoms with Crippen molar-refractivity contribution in [1.29, 1.82) is 0 Å². The van der Waals surface area contributed by atoms with Gasteiger partial charge in [-0.1, -0.05) is 11.8 Å². The summed E-state index contributed by atoms with van der Waals surface area (Å²) >= 11 is 1.55. The van der Waals surface area contributed by atoms with Gasteiger partial charge in [-0.05, 0) is 25.8 Å². The van der Waals surface area contributed by atoms with Crippen molar-refractivity contribution in [3.05, 3.63) is 42.4 Å². The van der Waals surface area contributed by atoms with E-state index in [-0.39, 0.29) is 11.5 Å². The molecular weight excluding hydrogens is 386 g/mol. The largest absolute Gasteiger partial charge is 0.383 e. The molecule has 2 aliphatic rings. The molecule has 0 bridgehead atoms. The highest BCUT2D eigenvalue weighted by molar-refractivity contribution is 7.99. The minimum atomic E-state index is -0.0481. The first-order valence-electron chi connectivity index (χ1n) is 9.65. The van der Waals surface area contributed by atoms with Crippen molar-refractivity contribution in [2.75, 3.05) is 23.7 Å². The number of nitrogen functional groups attached to an aromatic ring is 1. The lowest BCUT2D eigenvalue weighted by Gasteiger charge is -2.41. The molecule has 1 atom stereocenters. The van der Waals surface area contributed by atoms with Gasteiger partial charge in [0.1, 0.15) is 28.8 Å². The fraction of sp³-hybridized carbons (Fsp3) is 0.421. The van der Waals surface area contributed by atoms with E-state index in [1.807, 2.05) is 25.4 Å². The summed E-state index contributed by atoms with van der Waals surface area (Å²) in [6.45, 7) is 4.69. The predicted octanol–water partition coefficient (Wildman–Crippen LogP) is 1.81. The molecule has 1 saturated heterocycles. The number of hydrogen-bond donors (Lipinski definition) is 2. The topological polar surface area (TPSA) is 125 Å². The summed E-state index contributed by atoms with van der Waals surface area (Å²) in [6, 6.07) is 1.90. The van der Waals surface area contributed by atoms with Gasteiger partial charge in [-0.2, -0.15) is 0 Å². The molecule has 5 heterocycles. The number of rotatable bonds is 3. The molecular formula is C19H23N9S. The van der Waals surface area contributed by atoms with Crippen LogP contribution in [-0.4, -0.2) is 42.8 Å². The smallest absolute Gasteiger partial charge is 0.150 e. The zero-order valence-corrected chi connectivity index (χ0v) is 17.0. The Bertz CT molecular complexity index is 1020. The van der Waals surface area contributed by atoms with Crippen LogP contribution >= 0.6 is 11.8 Å². The van der Waals surface area contributed by atoms with E-state index in [2.05, 4.69) is 34.6 Å². The van der Waals surface area contributed by atoms with Crippen molar-refractivity contribution >= 4 is 23.4 Å². The van der Waals surface area contributed by atoms with E-state index in [0.717, 1.165) is 59.6 Å². The van der Waals surface area contributed by atoms with E-state index in [1.54, 1.807) is 24.3 Å². The Morgan fingerprint density at radius 2 is 2.00 bits per heavy atom. The van der Waals surface area contributed by atoms with Gasteiger partial charge in [0.2, 0.25) is 0 Å². The predicted molar refractivity (Wildman–Crippen MR) is 110 cm³/mol. The summed E-state index contributed by atoms with van der Waals surface area (Å²) in [5.74, 6) is 2.36. The van der Waals surface area contributed by atoms with E-state index in [4.69, 9.17) is 11.5 Å². The molecule has 5 rings (SSSR count). The Morgan fingerprint density at radius 3 is 2.72 bits per heavy atom. The van der Waals surface area contributed by atoms with Crippen molar-refractivity contribution in [2.24, 2.45) is 11.1 Å². The number of aromatic nitrogens is 6. The lowest BCUT2D eigenvalue weighted by Crippen LogP contribution is -2.45. The third-order valence-corrected chi connectivity index (χ3v) is 7.26. The average molecular weight is 410 g/mol. The molecule has 9 nitrogen and oxygen atoms in total. The minimum absolute atomic E-state index is 0.0481. The quantitative estimate of drug-likeness (QED) is 0.666. The number of anilines is 2. The molecule has 0 amide bonds. The van der Waals surface area contributed by atoms with Gasteiger partial charge in [0, 0.05) is 41.7 Å². The molecule has 3 aromatic heterocycles. The summed E-state index contributed by atoms with van der Waals surface area (Å²) in [7, 11) is 0. The van der Waals surface area contributed by atoms with Crippen LogP contribution in [-0.2, 0) is 6.54 Å². The number of piperidine rings is 1. The van der Waals surface area contributed by atoms with Gasteiger partial charge in [-0.15, -0.1) is 10.2 Å². The first-order valence-corrected chi connectivity index (χ1v) is 10.5. The number of hydrogen-bond acceptors (Lipinski definition) is 9. The SMILES string of the molecule is Cc1c(Sc2cnc(N3CCC4(CC3)Cn3cnnc3[C@H]4N)cn2)ccnc1N. The number of pyridine rings is 1. The molecule has 10 heteroatoms. The van der Waals surface area contributed by atoms with Crippen LogP contribution in [0.2, 0.25) is 0 Å². The molecule has 150 valence electrons. The molecule has 1 fully saturated rings. The minimum Gasteiger partial charge on any atom is -0.383 e. The van der Waals surface area contributed by atoms with Crippen molar-refractivity contribution < 1.29 is 0 Å². The van der Waals surface area contributed by atoms with Gasteiger partial charge < -0.3 is 20.9 Å². The normalized spacial score (nSPS) is 20.2. The van der Waals surface area contributed by atoms with E-state index in [9.17, 15) is 0 Å². The van der Waals surface area contributed by atoms with Crippen molar-refractivity contribution in [1.82, 2.24) is 29.7 Å². The number of nitrogens with zero attached hydrogens (tertiary/aromatic N) is 7. The maximum Gasteiger partial charge on any atom is 0.150 e. The third-order valence-electron chi connectivity index (χ3n) is 6.17. The molecule has 0 aromatic carbocycles. The summed E-state index contributed by atoms with van der Waals surface area (Å²) in [6.07, 6.45) is 9.19. The van der Waals surface area contributed by atoms with Crippen LogP contribution in [0.5, 0.6) is 0 Å². The highest BCUT2D eigenvalue weighted by atomic mass is 32.2. The van der Waals surface area contributed by atoms with Gasteiger partial charge in [0.05, 0.1) is 18.4 Å². The average Bonchev–Trinajstić information content (AvgIpc) is 3.28. The second-order valence-electron chi connectivity index (χ2n) is 7.78.